The van der Waals surface area contributed by atoms with Gasteiger partial charge in [-0.25, -0.2) is 22.2 Å². The molecule has 0 bridgehead atoms. The van der Waals surface area contributed by atoms with Gasteiger partial charge in [0.1, 0.15) is 10.7 Å². The molecule has 0 aliphatic carbocycles. The fraction of sp³-hybridized carbons (Fsp3) is 0.250. The summed E-state index contributed by atoms with van der Waals surface area (Å²) in [5.41, 5.74) is 2.52. The highest BCUT2D eigenvalue weighted by atomic mass is 35.5. The Bertz CT molecular complexity index is 1190. The van der Waals surface area contributed by atoms with Crippen molar-refractivity contribution in [2.45, 2.75) is 24.4 Å². The highest BCUT2D eigenvalue weighted by Gasteiger charge is 2.24. The van der Waals surface area contributed by atoms with Crippen LogP contribution in [0.1, 0.15) is 17.5 Å². The predicted octanol–water partition coefficient (Wildman–Crippen LogP) is 4.69. The summed E-state index contributed by atoms with van der Waals surface area (Å²) in [5, 5.41) is 4.32. The van der Waals surface area contributed by atoms with Gasteiger partial charge in [0.2, 0.25) is 0 Å². The molecule has 1 saturated heterocycles. The zero-order valence-electron chi connectivity index (χ0n) is 16.2. The molecule has 0 radical (unpaired) electrons. The predicted molar refractivity (Wildman–Crippen MR) is 118 cm³/mol. The number of benzene rings is 2. The number of nitrogens with one attached hydrogen (secondary N) is 2. The number of sulfonamides is 1. The Balaban J connectivity index is 1.59. The highest BCUT2D eigenvalue weighted by molar-refractivity contribution is 7.92. The SMILES string of the molecule is O=S(=O)(Nc1cscn1)c1cc(Cl)cc(NCc2c(F)cccc2CN2CCC2)c1F. The third-order valence-electron chi connectivity index (χ3n) is 4.98. The number of halogens is 3. The molecule has 0 spiro atoms. The zero-order valence-corrected chi connectivity index (χ0v) is 18.6. The van der Waals surface area contributed by atoms with Gasteiger partial charge in [-0.05, 0) is 43.3 Å². The van der Waals surface area contributed by atoms with E-state index in [1.165, 1.54) is 34.4 Å². The van der Waals surface area contributed by atoms with Crippen LogP contribution in [0, 0.1) is 11.6 Å². The van der Waals surface area contributed by atoms with E-state index in [0.29, 0.717) is 12.1 Å². The summed E-state index contributed by atoms with van der Waals surface area (Å²) in [6.45, 7) is 2.50. The molecule has 164 valence electrons. The molecule has 0 saturated carbocycles. The molecular weight excluding hydrogens is 466 g/mol. The van der Waals surface area contributed by atoms with Crippen LogP contribution in [0.5, 0.6) is 0 Å². The van der Waals surface area contributed by atoms with E-state index in [1.54, 1.807) is 6.07 Å². The molecule has 2 N–H and O–H groups in total. The summed E-state index contributed by atoms with van der Waals surface area (Å²) in [6, 6.07) is 7.12. The fourth-order valence-electron chi connectivity index (χ4n) is 3.26. The second kappa shape index (κ2) is 9.07. The maximum Gasteiger partial charge on any atom is 0.266 e. The van der Waals surface area contributed by atoms with E-state index in [0.717, 1.165) is 31.1 Å². The summed E-state index contributed by atoms with van der Waals surface area (Å²) in [7, 11) is -4.26. The summed E-state index contributed by atoms with van der Waals surface area (Å²) in [5.74, 6) is -1.33. The number of thiazole rings is 1. The Morgan fingerprint density at radius 1 is 1.23 bits per heavy atom. The molecule has 3 aromatic rings. The number of anilines is 2. The van der Waals surface area contributed by atoms with Crippen LogP contribution in [0.4, 0.5) is 20.3 Å². The van der Waals surface area contributed by atoms with Gasteiger partial charge in [0.15, 0.2) is 11.6 Å². The first kappa shape index (κ1) is 21.9. The van der Waals surface area contributed by atoms with E-state index in [4.69, 9.17) is 11.6 Å². The first-order chi connectivity index (χ1) is 14.8. The lowest BCUT2D eigenvalue weighted by Crippen LogP contribution is -2.36. The van der Waals surface area contributed by atoms with Crippen LogP contribution < -0.4 is 10.0 Å². The van der Waals surface area contributed by atoms with Crippen molar-refractivity contribution in [3.8, 4) is 0 Å². The van der Waals surface area contributed by atoms with Gasteiger partial charge in [0.05, 0.1) is 11.2 Å². The molecule has 1 aliphatic rings. The van der Waals surface area contributed by atoms with Crippen molar-refractivity contribution in [1.82, 2.24) is 9.88 Å². The Hall–Kier alpha value is -2.27. The van der Waals surface area contributed by atoms with Gasteiger partial charge in [-0.1, -0.05) is 23.7 Å². The molecule has 0 atom stereocenters. The summed E-state index contributed by atoms with van der Waals surface area (Å²) >= 11 is 7.25. The Labute approximate surface area is 187 Å². The van der Waals surface area contributed by atoms with Gasteiger partial charge in [-0.2, -0.15) is 0 Å². The smallest absolute Gasteiger partial charge is 0.266 e. The first-order valence-corrected chi connectivity index (χ1v) is 12.3. The van der Waals surface area contributed by atoms with Crippen molar-refractivity contribution in [3.05, 3.63) is 69.0 Å². The zero-order chi connectivity index (χ0) is 22.0. The van der Waals surface area contributed by atoms with Crippen LogP contribution in [0.2, 0.25) is 5.02 Å². The molecule has 1 fully saturated rings. The van der Waals surface area contributed by atoms with Crippen LogP contribution in [-0.4, -0.2) is 31.4 Å². The van der Waals surface area contributed by atoms with E-state index < -0.39 is 26.6 Å². The number of likely N-dealkylation sites (tertiary alicyclic amines) is 1. The number of rotatable bonds is 8. The van der Waals surface area contributed by atoms with Gasteiger partial charge in [0, 0.05) is 29.1 Å². The Morgan fingerprint density at radius 3 is 2.71 bits per heavy atom. The topological polar surface area (TPSA) is 74.3 Å². The standard InChI is InChI=1S/C20H19ClF2N4O2S2/c21-14-7-17(20(23)18(8-14)31(28,29)26-19-11-30-12-25-19)24-9-15-13(3-1-4-16(15)22)10-27-5-2-6-27/h1,3-4,7-8,11-12,24,26H,2,5-6,9-10H2. The maximum atomic E-state index is 15.1. The van der Waals surface area contributed by atoms with Crippen molar-refractivity contribution in [2.75, 3.05) is 23.1 Å². The number of hydrogen-bond acceptors (Lipinski definition) is 6. The third-order valence-corrected chi connectivity index (χ3v) is 7.14. The van der Waals surface area contributed by atoms with Crippen LogP contribution in [0.15, 0.2) is 46.1 Å². The Kier molecular flexibility index (Phi) is 6.42. The molecule has 0 unspecified atom stereocenters. The van der Waals surface area contributed by atoms with Gasteiger partial charge in [-0.15, -0.1) is 11.3 Å². The van der Waals surface area contributed by atoms with E-state index in [2.05, 4.69) is 19.9 Å². The van der Waals surface area contributed by atoms with Gasteiger partial charge in [-0.3, -0.25) is 9.62 Å². The maximum absolute atomic E-state index is 15.1. The van der Waals surface area contributed by atoms with Crippen LogP contribution in [-0.2, 0) is 23.1 Å². The second-order valence-electron chi connectivity index (χ2n) is 7.11. The summed E-state index contributed by atoms with van der Waals surface area (Å²) < 4.78 is 57.1. The second-order valence-corrected chi connectivity index (χ2v) is 9.91. The monoisotopic (exact) mass is 484 g/mol. The van der Waals surface area contributed by atoms with Gasteiger partial charge < -0.3 is 5.32 Å². The van der Waals surface area contributed by atoms with Crippen molar-refractivity contribution in [2.24, 2.45) is 0 Å². The van der Waals surface area contributed by atoms with Crippen LogP contribution in [0.3, 0.4) is 0 Å². The molecular formula is C20H19ClF2N4O2S2. The average molecular weight is 485 g/mol. The van der Waals surface area contributed by atoms with Crippen molar-refractivity contribution in [3.63, 3.8) is 0 Å². The number of hydrogen-bond donors (Lipinski definition) is 2. The quantitative estimate of drug-likeness (QED) is 0.485. The largest absolute Gasteiger partial charge is 0.378 e. The molecule has 2 heterocycles. The van der Waals surface area contributed by atoms with E-state index in [9.17, 15) is 12.8 Å². The summed E-state index contributed by atoms with van der Waals surface area (Å²) in [6.07, 6.45) is 1.11. The van der Waals surface area contributed by atoms with E-state index >= 15 is 4.39 Å². The summed E-state index contributed by atoms with van der Waals surface area (Å²) in [4.78, 5) is 5.41. The van der Waals surface area contributed by atoms with Crippen LogP contribution >= 0.6 is 22.9 Å². The third kappa shape index (κ3) is 4.98. The van der Waals surface area contributed by atoms with E-state index in [1.807, 2.05) is 6.07 Å². The van der Waals surface area contributed by atoms with Gasteiger partial charge >= 0.3 is 0 Å². The van der Waals surface area contributed by atoms with Crippen LogP contribution in [0.25, 0.3) is 0 Å². The molecule has 11 heteroatoms. The molecule has 1 aliphatic heterocycles. The lowest BCUT2D eigenvalue weighted by atomic mass is 10.0. The molecule has 4 rings (SSSR count). The molecule has 1 aromatic heterocycles. The number of nitrogens with zero attached hydrogens (tertiary/aromatic N) is 2. The Morgan fingerprint density at radius 2 is 2.03 bits per heavy atom. The minimum absolute atomic E-state index is 0.0217. The lowest BCUT2D eigenvalue weighted by molar-refractivity contribution is 0.172. The lowest BCUT2D eigenvalue weighted by Gasteiger charge is -2.31. The normalized spacial score (nSPS) is 14.3. The van der Waals surface area contributed by atoms with Crippen molar-refractivity contribution in [1.29, 1.82) is 0 Å². The molecule has 0 amide bonds. The molecule has 31 heavy (non-hydrogen) atoms. The minimum atomic E-state index is -4.26. The minimum Gasteiger partial charge on any atom is -0.378 e. The van der Waals surface area contributed by atoms with Gasteiger partial charge in [0.25, 0.3) is 10.0 Å². The van der Waals surface area contributed by atoms with E-state index in [-0.39, 0.29) is 23.1 Å². The average Bonchev–Trinajstić information content (AvgIpc) is 3.18. The van der Waals surface area contributed by atoms with Crippen molar-refractivity contribution >= 4 is 44.5 Å². The molecule has 2 aromatic carbocycles. The highest BCUT2D eigenvalue weighted by Crippen LogP contribution is 2.30. The van der Waals surface area contributed by atoms with Crippen molar-refractivity contribution < 1.29 is 17.2 Å². The first-order valence-electron chi connectivity index (χ1n) is 9.46. The molecule has 6 nitrogen and oxygen atoms in total. The fourth-order valence-corrected chi connectivity index (χ4v) is 5.22. The number of aromatic nitrogens is 1.